The zero-order valence-electron chi connectivity index (χ0n) is 14.3. The molecule has 1 amide bonds. The number of carbonyl (C=O) groups excluding carboxylic acids is 1. The fourth-order valence-electron chi connectivity index (χ4n) is 2.59. The van der Waals surface area contributed by atoms with Crippen LogP contribution in [-0.4, -0.2) is 55.5 Å². The van der Waals surface area contributed by atoms with E-state index in [0.717, 1.165) is 39.1 Å². The standard InChI is InChI=1S/C16H32N2O3/c1-6-10-20-12-14(17-7-2)13-8-9-18(11-13)15(19)21-16(3,4)5/h13-14,17H,6-12H2,1-5H3. The van der Waals surface area contributed by atoms with E-state index in [4.69, 9.17) is 9.47 Å². The quantitative estimate of drug-likeness (QED) is 0.734. The van der Waals surface area contributed by atoms with Gasteiger partial charge in [-0.05, 0) is 46.1 Å². The molecule has 5 heteroatoms. The van der Waals surface area contributed by atoms with E-state index < -0.39 is 5.60 Å². The lowest BCUT2D eigenvalue weighted by atomic mass is 9.99. The Balaban J connectivity index is 2.47. The number of nitrogens with zero attached hydrogens (tertiary/aromatic N) is 1. The van der Waals surface area contributed by atoms with Crippen molar-refractivity contribution in [1.29, 1.82) is 0 Å². The van der Waals surface area contributed by atoms with Gasteiger partial charge in [-0.1, -0.05) is 13.8 Å². The van der Waals surface area contributed by atoms with Crippen LogP contribution in [0.5, 0.6) is 0 Å². The molecule has 0 aromatic rings. The molecular formula is C16H32N2O3. The Bertz CT molecular complexity index is 315. The molecule has 0 spiro atoms. The van der Waals surface area contributed by atoms with Crippen LogP contribution in [0.3, 0.4) is 0 Å². The van der Waals surface area contributed by atoms with Gasteiger partial charge in [-0.25, -0.2) is 4.79 Å². The number of hydrogen-bond donors (Lipinski definition) is 1. The Morgan fingerprint density at radius 2 is 2.10 bits per heavy atom. The van der Waals surface area contributed by atoms with Crippen molar-refractivity contribution in [2.24, 2.45) is 5.92 Å². The van der Waals surface area contributed by atoms with Crippen molar-refractivity contribution in [2.75, 3.05) is 32.8 Å². The molecule has 0 aliphatic carbocycles. The molecule has 0 radical (unpaired) electrons. The second kappa shape index (κ2) is 8.59. The average Bonchev–Trinajstić information content (AvgIpc) is 2.85. The lowest BCUT2D eigenvalue weighted by molar-refractivity contribution is 0.0278. The minimum absolute atomic E-state index is 0.199. The minimum Gasteiger partial charge on any atom is -0.444 e. The van der Waals surface area contributed by atoms with Crippen molar-refractivity contribution in [3.05, 3.63) is 0 Å². The molecule has 1 aliphatic rings. The van der Waals surface area contributed by atoms with Crippen molar-refractivity contribution >= 4 is 6.09 Å². The third kappa shape index (κ3) is 6.66. The number of carbonyl (C=O) groups is 1. The minimum atomic E-state index is -0.430. The molecule has 1 rings (SSSR count). The highest BCUT2D eigenvalue weighted by molar-refractivity contribution is 5.68. The maximum atomic E-state index is 12.1. The molecule has 1 N–H and O–H groups in total. The number of nitrogens with one attached hydrogen (secondary N) is 1. The Morgan fingerprint density at radius 1 is 1.38 bits per heavy atom. The first kappa shape index (κ1) is 18.2. The Morgan fingerprint density at radius 3 is 2.67 bits per heavy atom. The Hall–Kier alpha value is -0.810. The summed E-state index contributed by atoms with van der Waals surface area (Å²) in [7, 11) is 0. The molecule has 2 unspecified atom stereocenters. The number of likely N-dealkylation sites (tertiary alicyclic amines) is 1. The summed E-state index contributed by atoms with van der Waals surface area (Å²) >= 11 is 0. The van der Waals surface area contributed by atoms with Crippen LogP contribution in [0.25, 0.3) is 0 Å². The summed E-state index contributed by atoms with van der Waals surface area (Å²) in [5.74, 6) is 0.439. The van der Waals surface area contributed by atoms with E-state index in [1.165, 1.54) is 0 Å². The third-order valence-electron chi connectivity index (χ3n) is 3.56. The first-order valence-corrected chi connectivity index (χ1v) is 8.16. The van der Waals surface area contributed by atoms with Gasteiger partial charge in [-0.15, -0.1) is 0 Å². The van der Waals surface area contributed by atoms with Crippen LogP contribution in [-0.2, 0) is 9.47 Å². The van der Waals surface area contributed by atoms with E-state index in [9.17, 15) is 4.79 Å². The molecule has 5 nitrogen and oxygen atoms in total. The van der Waals surface area contributed by atoms with Crippen LogP contribution < -0.4 is 5.32 Å². The first-order valence-electron chi connectivity index (χ1n) is 8.16. The van der Waals surface area contributed by atoms with Gasteiger partial charge in [-0.2, -0.15) is 0 Å². The molecule has 124 valence electrons. The summed E-state index contributed by atoms with van der Waals surface area (Å²) in [6, 6.07) is 0.314. The predicted octanol–water partition coefficient (Wildman–Crippen LogP) is 2.65. The van der Waals surface area contributed by atoms with Gasteiger partial charge in [0.2, 0.25) is 0 Å². The molecule has 0 bridgehead atoms. The van der Waals surface area contributed by atoms with Gasteiger partial charge in [0.05, 0.1) is 6.61 Å². The number of amides is 1. The summed E-state index contributed by atoms with van der Waals surface area (Å²) in [5.41, 5.74) is -0.430. The van der Waals surface area contributed by atoms with Crippen LogP contribution in [0.2, 0.25) is 0 Å². The van der Waals surface area contributed by atoms with E-state index in [1.54, 1.807) is 0 Å². The smallest absolute Gasteiger partial charge is 0.410 e. The molecule has 21 heavy (non-hydrogen) atoms. The Kier molecular flexibility index (Phi) is 7.46. The number of rotatable bonds is 7. The third-order valence-corrected chi connectivity index (χ3v) is 3.56. The fourth-order valence-corrected chi connectivity index (χ4v) is 2.59. The van der Waals surface area contributed by atoms with Crippen molar-refractivity contribution < 1.29 is 14.3 Å². The first-order chi connectivity index (χ1) is 9.87. The Labute approximate surface area is 129 Å². The highest BCUT2D eigenvalue weighted by atomic mass is 16.6. The summed E-state index contributed by atoms with van der Waals surface area (Å²) in [5, 5.41) is 3.49. The average molecular weight is 300 g/mol. The predicted molar refractivity (Wildman–Crippen MR) is 84.5 cm³/mol. The van der Waals surface area contributed by atoms with Gasteiger partial charge in [0.25, 0.3) is 0 Å². The van der Waals surface area contributed by atoms with E-state index in [-0.39, 0.29) is 6.09 Å². The molecular weight excluding hydrogens is 268 g/mol. The molecule has 0 aromatic carbocycles. The molecule has 0 saturated carbocycles. The molecule has 1 aliphatic heterocycles. The largest absolute Gasteiger partial charge is 0.444 e. The SMILES string of the molecule is CCCOCC(NCC)C1CCN(C(=O)OC(C)(C)C)C1. The molecule has 1 heterocycles. The van der Waals surface area contributed by atoms with E-state index in [1.807, 2.05) is 25.7 Å². The molecule has 1 fully saturated rings. The second-order valence-corrected chi connectivity index (χ2v) is 6.71. The summed E-state index contributed by atoms with van der Waals surface area (Å²) in [6.07, 6.45) is 1.84. The van der Waals surface area contributed by atoms with Crippen LogP contribution in [0, 0.1) is 5.92 Å². The van der Waals surface area contributed by atoms with Crippen molar-refractivity contribution in [3.8, 4) is 0 Å². The lowest BCUT2D eigenvalue weighted by Gasteiger charge is -2.26. The van der Waals surface area contributed by atoms with E-state index >= 15 is 0 Å². The highest BCUT2D eigenvalue weighted by Gasteiger charge is 2.33. The van der Waals surface area contributed by atoms with E-state index in [0.29, 0.717) is 18.6 Å². The highest BCUT2D eigenvalue weighted by Crippen LogP contribution is 2.22. The number of ether oxygens (including phenoxy) is 2. The number of likely N-dealkylation sites (N-methyl/N-ethyl adjacent to an activating group) is 1. The van der Waals surface area contributed by atoms with Gasteiger partial charge in [0.1, 0.15) is 5.60 Å². The summed E-state index contributed by atoms with van der Waals surface area (Å²) < 4.78 is 11.1. The zero-order chi connectivity index (χ0) is 15.9. The fraction of sp³-hybridized carbons (Fsp3) is 0.938. The van der Waals surface area contributed by atoms with Crippen molar-refractivity contribution in [1.82, 2.24) is 10.2 Å². The number of hydrogen-bond acceptors (Lipinski definition) is 4. The van der Waals surface area contributed by atoms with Crippen LogP contribution in [0.1, 0.15) is 47.5 Å². The van der Waals surface area contributed by atoms with Crippen LogP contribution in [0.15, 0.2) is 0 Å². The van der Waals surface area contributed by atoms with Crippen molar-refractivity contribution in [2.45, 2.75) is 59.1 Å². The van der Waals surface area contributed by atoms with Gasteiger partial charge in [-0.3, -0.25) is 0 Å². The maximum absolute atomic E-state index is 12.1. The summed E-state index contributed by atoms with van der Waals surface area (Å²) in [4.78, 5) is 13.9. The molecule has 2 atom stereocenters. The second-order valence-electron chi connectivity index (χ2n) is 6.71. The topological polar surface area (TPSA) is 50.8 Å². The summed E-state index contributed by atoms with van der Waals surface area (Å²) in [6.45, 7) is 13.9. The van der Waals surface area contributed by atoms with Gasteiger partial charge < -0.3 is 19.7 Å². The zero-order valence-corrected chi connectivity index (χ0v) is 14.3. The van der Waals surface area contributed by atoms with Crippen LogP contribution in [0.4, 0.5) is 4.79 Å². The van der Waals surface area contributed by atoms with Crippen molar-refractivity contribution in [3.63, 3.8) is 0 Å². The van der Waals surface area contributed by atoms with Crippen LogP contribution >= 0.6 is 0 Å². The monoisotopic (exact) mass is 300 g/mol. The lowest BCUT2D eigenvalue weighted by Crippen LogP contribution is -2.42. The van der Waals surface area contributed by atoms with Gasteiger partial charge >= 0.3 is 6.09 Å². The van der Waals surface area contributed by atoms with E-state index in [2.05, 4.69) is 19.2 Å². The van der Waals surface area contributed by atoms with Gasteiger partial charge in [0, 0.05) is 25.7 Å². The normalized spacial score (nSPS) is 20.6. The molecule has 1 saturated heterocycles. The van der Waals surface area contributed by atoms with Gasteiger partial charge in [0.15, 0.2) is 0 Å². The molecule has 0 aromatic heterocycles. The maximum Gasteiger partial charge on any atom is 0.410 e.